The lowest BCUT2D eigenvalue weighted by Gasteiger charge is -2.14. The third-order valence-electron chi connectivity index (χ3n) is 3.22. The third-order valence-corrected chi connectivity index (χ3v) is 3.22. The summed E-state index contributed by atoms with van der Waals surface area (Å²) in [5, 5.41) is 10.1. The van der Waals surface area contributed by atoms with Gasteiger partial charge in [-0.3, -0.25) is 4.98 Å². The Morgan fingerprint density at radius 1 is 1.56 bits per heavy atom. The van der Waals surface area contributed by atoms with Crippen molar-refractivity contribution in [2.45, 2.75) is 44.8 Å². The van der Waals surface area contributed by atoms with Crippen LogP contribution in [-0.4, -0.2) is 29.4 Å². The largest absolute Gasteiger partial charge is 0.492 e. The number of aliphatic hydroxyl groups excluding tert-OH is 1. The molecule has 0 spiro atoms. The van der Waals surface area contributed by atoms with Crippen molar-refractivity contribution in [2.75, 3.05) is 13.2 Å². The van der Waals surface area contributed by atoms with E-state index in [0.717, 1.165) is 31.4 Å². The number of ether oxygens (including phenoxy) is 2. The van der Waals surface area contributed by atoms with Crippen molar-refractivity contribution in [3.8, 4) is 5.75 Å². The Morgan fingerprint density at radius 3 is 3.17 bits per heavy atom. The second kappa shape index (κ2) is 6.71. The highest BCUT2D eigenvalue weighted by molar-refractivity contribution is 5.25. The maximum absolute atomic E-state index is 10.1. The summed E-state index contributed by atoms with van der Waals surface area (Å²) < 4.78 is 10.9. The molecule has 0 aliphatic carbocycles. The van der Waals surface area contributed by atoms with Crippen molar-refractivity contribution < 1.29 is 14.6 Å². The van der Waals surface area contributed by atoms with E-state index in [9.17, 15) is 5.11 Å². The van der Waals surface area contributed by atoms with Gasteiger partial charge < -0.3 is 14.6 Å². The number of hydrogen-bond donors (Lipinski definition) is 1. The van der Waals surface area contributed by atoms with Crippen LogP contribution in [0.1, 0.15) is 44.3 Å². The highest BCUT2D eigenvalue weighted by Crippen LogP contribution is 2.25. The van der Waals surface area contributed by atoms with Gasteiger partial charge in [-0.15, -0.1) is 0 Å². The number of pyridine rings is 1. The highest BCUT2D eigenvalue weighted by atomic mass is 16.5. The van der Waals surface area contributed by atoms with Gasteiger partial charge in [0.1, 0.15) is 5.75 Å². The van der Waals surface area contributed by atoms with Gasteiger partial charge in [0.2, 0.25) is 0 Å². The Hall–Kier alpha value is -1.13. The monoisotopic (exact) mass is 251 g/mol. The average Bonchev–Trinajstić information content (AvgIpc) is 2.90. The Labute approximate surface area is 108 Å². The lowest BCUT2D eigenvalue weighted by Crippen LogP contribution is -2.08. The molecular formula is C14H21NO3. The van der Waals surface area contributed by atoms with Crippen LogP contribution in [0.5, 0.6) is 5.75 Å². The van der Waals surface area contributed by atoms with Crippen LogP contribution in [0, 0.1) is 0 Å². The SMILES string of the molecule is CCOc1cncc(C(O)CCC2CCCO2)c1. The fraction of sp³-hybridized carbons (Fsp3) is 0.643. The number of aliphatic hydroxyl groups is 1. The van der Waals surface area contributed by atoms with Crippen molar-refractivity contribution in [3.63, 3.8) is 0 Å². The summed E-state index contributed by atoms with van der Waals surface area (Å²) in [7, 11) is 0. The van der Waals surface area contributed by atoms with Crippen LogP contribution in [0.2, 0.25) is 0 Å². The molecule has 4 nitrogen and oxygen atoms in total. The van der Waals surface area contributed by atoms with E-state index in [1.54, 1.807) is 12.4 Å². The molecule has 1 fully saturated rings. The van der Waals surface area contributed by atoms with Crippen LogP contribution in [-0.2, 0) is 4.74 Å². The van der Waals surface area contributed by atoms with E-state index >= 15 is 0 Å². The van der Waals surface area contributed by atoms with Gasteiger partial charge in [0.15, 0.2) is 0 Å². The molecule has 0 bridgehead atoms. The van der Waals surface area contributed by atoms with E-state index in [-0.39, 0.29) is 0 Å². The van der Waals surface area contributed by atoms with E-state index in [2.05, 4.69) is 4.98 Å². The molecule has 1 aliphatic rings. The summed E-state index contributed by atoms with van der Waals surface area (Å²) in [4.78, 5) is 4.09. The molecule has 1 N–H and O–H groups in total. The van der Waals surface area contributed by atoms with Gasteiger partial charge in [0.25, 0.3) is 0 Å². The summed E-state index contributed by atoms with van der Waals surface area (Å²) in [5.41, 5.74) is 0.818. The minimum absolute atomic E-state index is 0.322. The highest BCUT2D eigenvalue weighted by Gasteiger charge is 2.18. The van der Waals surface area contributed by atoms with Gasteiger partial charge in [-0.2, -0.15) is 0 Å². The molecule has 0 radical (unpaired) electrons. The summed E-state index contributed by atoms with van der Waals surface area (Å²) in [6.07, 6.45) is 7.07. The van der Waals surface area contributed by atoms with Crippen molar-refractivity contribution in [3.05, 3.63) is 24.0 Å². The summed E-state index contributed by atoms with van der Waals surface area (Å²) >= 11 is 0. The fourth-order valence-electron chi connectivity index (χ4n) is 2.25. The Balaban J connectivity index is 1.86. The lowest BCUT2D eigenvalue weighted by molar-refractivity contribution is 0.0811. The Morgan fingerprint density at radius 2 is 2.44 bits per heavy atom. The molecule has 1 aromatic heterocycles. The molecule has 2 rings (SSSR count). The second-order valence-corrected chi connectivity index (χ2v) is 4.62. The first-order chi connectivity index (χ1) is 8.79. The first-order valence-corrected chi connectivity index (χ1v) is 6.67. The van der Waals surface area contributed by atoms with Crippen molar-refractivity contribution in [1.29, 1.82) is 0 Å². The molecule has 2 unspecified atom stereocenters. The Kier molecular flexibility index (Phi) is 4.96. The van der Waals surface area contributed by atoms with Gasteiger partial charge in [-0.05, 0) is 38.7 Å². The summed E-state index contributed by atoms with van der Waals surface area (Å²) in [5.74, 6) is 0.714. The molecule has 1 aliphatic heterocycles. The van der Waals surface area contributed by atoms with Crippen molar-refractivity contribution >= 4 is 0 Å². The van der Waals surface area contributed by atoms with Crippen LogP contribution in [0.4, 0.5) is 0 Å². The fourth-order valence-corrected chi connectivity index (χ4v) is 2.25. The van der Waals surface area contributed by atoms with Gasteiger partial charge in [0.05, 0.1) is 25.0 Å². The molecule has 0 amide bonds. The molecule has 18 heavy (non-hydrogen) atoms. The zero-order chi connectivity index (χ0) is 12.8. The quantitative estimate of drug-likeness (QED) is 0.844. The Bertz CT molecular complexity index is 364. The molecule has 4 heteroatoms. The predicted molar refractivity (Wildman–Crippen MR) is 68.6 cm³/mol. The minimum Gasteiger partial charge on any atom is -0.492 e. The molecule has 2 atom stereocenters. The van der Waals surface area contributed by atoms with Crippen LogP contribution < -0.4 is 4.74 Å². The molecule has 2 heterocycles. The van der Waals surface area contributed by atoms with Gasteiger partial charge >= 0.3 is 0 Å². The standard InChI is InChI=1S/C14H21NO3/c1-2-17-13-8-11(9-15-10-13)14(16)6-5-12-4-3-7-18-12/h8-10,12,14,16H,2-7H2,1H3. The topological polar surface area (TPSA) is 51.6 Å². The number of nitrogens with zero attached hydrogens (tertiary/aromatic N) is 1. The van der Waals surface area contributed by atoms with Crippen LogP contribution in [0.3, 0.4) is 0 Å². The zero-order valence-corrected chi connectivity index (χ0v) is 10.8. The van der Waals surface area contributed by atoms with E-state index in [4.69, 9.17) is 9.47 Å². The van der Waals surface area contributed by atoms with Gasteiger partial charge in [-0.1, -0.05) is 0 Å². The van der Waals surface area contributed by atoms with Crippen LogP contribution in [0.15, 0.2) is 18.5 Å². The first-order valence-electron chi connectivity index (χ1n) is 6.67. The van der Waals surface area contributed by atoms with E-state index in [0.29, 0.717) is 24.9 Å². The average molecular weight is 251 g/mol. The first kappa shape index (κ1) is 13.3. The third kappa shape index (κ3) is 3.68. The number of rotatable bonds is 6. The second-order valence-electron chi connectivity index (χ2n) is 4.62. The molecule has 0 aromatic carbocycles. The molecule has 100 valence electrons. The van der Waals surface area contributed by atoms with E-state index in [1.807, 2.05) is 13.0 Å². The van der Waals surface area contributed by atoms with Gasteiger partial charge in [-0.25, -0.2) is 0 Å². The van der Waals surface area contributed by atoms with Crippen LogP contribution >= 0.6 is 0 Å². The predicted octanol–water partition coefficient (Wildman–Crippen LogP) is 2.47. The van der Waals surface area contributed by atoms with E-state index < -0.39 is 6.10 Å². The van der Waals surface area contributed by atoms with E-state index in [1.165, 1.54) is 0 Å². The number of aromatic nitrogens is 1. The maximum atomic E-state index is 10.1. The normalized spacial score (nSPS) is 20.9. The molecular weight excluding hydrogens is 230 g/mol. The van der Waals surface area contributed by atoms with Crippen LogP contribution in [0.25, 0.3) is 0 Å². The van der Waals surface area contributed by atoms with Crippen molar-refractivity contribution in [1.82, 2.24) is 4.98 Å². The summed E-state index contributed by atoms with van der Waals surface area (Å²) in [6, 6.07) is 1.86. The lowest BCUT2D eigenvalue weighted by atomic mass is 10.0. The summed E-state index contributed by atoms with van der Waals surface area (Å²) in [6.45, 7) is 3.40. The number of hydrogen-bond acceptors (Lipinski definition) is 4. The van der Waals surface area contributed by atoms with Gasteiger partial charge in [0, 0.05) is 18.4 Å². The smallest absolute Gasteiger partial charge is 0.137 e. The molecule has 1 aromatic rings. The molecule has 1 saturated heterocycles. The minimum atomic E-state index is -0.484. The van der Waals surface area contributed by atoms with Crippen molar-refractivity contribution in [2.24, 2.45) is 0 Å². The maximum Gasteiger partial charge on any atom is 0.137 e. The molecule has 0 saturated carbocycles. The zero-order valence-electron chi connectivity index (χ0n) is 10.8.